The fourth-order valence-corrected chi connectivity index (χ4v) is 1.50. The van der Waals surface area contributed by atoms with Crippen molar-refractivity contribution in [3.8, 4) is 0 Å². The van der Waals surface area contributed by atoms with Crippen molar-refractivity contribution in [1.29, 1.82) is 0 Å². The minimum absolute atomic E-state index is 0.0703. The first kappa shape index (κ1) is 13.1. The van der Waals surface area contributed by atoms with Gasteiger partial charge in [0.25, 0.3) is 0 Å². The molecule has 0 bridgehead atoms. The number of halogens is 3. The molecule has 0 aliphatic carbocycles. The van der Waals surface area contributed by atoms with Crippen molar-refractivity contribution in [2.75, 3.05) is 0 Å². The normalized spacial score (nSPS) is 12.0. The SMILES string of the molecule is CC(C)c1ccc(C(F)(F)F)cc1B(O)O. The van der Waals surface area contributed by atoms with Gasteiger partial charge >= 0.3 is 13.3 Å². The zero-order valence-corrected chi connectivity index (χ0v) is 8.92. The summed E-state index contributed by atoms with van der Waals surface area (Å²) in [5.74, 6) is -0.0703. The van der Waals surface area contributed by atoms with Crippen molar-refractivity contribution in [2.45, 2.75) is 25.9 Å². The lowest BCUT2D eigenvalue weighted by atomic mass is 9.73. The van der Waals surface area contributed by atoms with Crippen LogP contribution in [0.15, 0.2) is 18.2 Å². The number of rotatable bonds is 2. The maximum Gasteiger partial charge on any atom is 0.488 e. The molecular weight excluding hydrogens is 220 g/mol. The Balaban J connectivity index is 3.29. The molecular formula is C10H12BF3O2. The van der Waals surface area contributed by atoms with E-state index in [0.717, 1.165) is 12.1 Å². The van der Waals surface area contributed by atoms with E-state index in [4.69, 9.17) is 10.0 Å². The maximum absolute atomic E-state index is 12.4. The van der Waals surface area contributed by atoms with E-state index in [0.29, 0.717) is 5.56 Å². The van der Waals surface area contributed by atoms with Crippen molar-refractivity contribution >= 4 is 12.6 Å². The van der Waals surface area contributed by atoms with Crippen molar-refractivity contribution in [3.63, 3.8) is 0 Å². The summed E-state index contributed by atoms with van der Waals surface area (Å²) in [5, 5.41) is 18.1. The van der Waals surface area contributed by atoms with Crippen molar-refractivity contribution < 1.29 is 23.2 Å². The molecule has 88 valence electrons. The molecule has 0 aliphatic rings. The highest BCUT2D eigenvalue weighted by Gasteiger charge is 2.32. The molecule has 0 aromatic heterocycles. The molecule has 0 heterocycles. The summed E-state index contributed by atoms with van der Waals surface area (Å²) in [6.07, 6.45) is -4.47. The van der Waals surface area contributed by atoms with Gasteiger partial charge in [0.05, 0.1) is 5.56 Å². The minimum atomic E-state index is -4.47. The van der Waals surface area contributed by atoms with Crippen molar-refractivity contribution in [2.24, 2.45) is 0 Å². The Hall–Kier alpha value is -1.01. The fraction of sp³-hybridized carbons (Fsp3) is 0.400. The summed E-state index contributed by atoms with van der Waals surface area (Å²) >= 11 is 0. The smallest absolute Gasteiger partial charge is 0.423 e. The van der Waals surface area contributed by atoms with Gasteiger partial charge in [-0.15, -0.1) is 0 Å². The van der Waals surface area contributed by atoms with Crippen LogP contribution in [0, 0.1) is 0 Å². The topological polar surface area (TPSA) is 40.5 Å². The molecule has 0 saturated carbocycles. The summed E-state index contributed by atoms with van der Waals surface area (Å²) < 4.78 is 37.2. The molecule has 0 radical (unpaired) electrons. The van der Waals surface area contributed by atoms with E-state index in [1.165, 1.54) is 6.07 Å². The highest BCUT2D eigenvalue weighted by atomic mass is 19.4. The fourth-order valence-electron chi connectivity index (χ4n) is 1.50. The van der Waals surface area contributed by atoms with E-state index >= 15 is 0 Å². The van der Waals surface area contributed by atoms with Crippen molar-refractivity contribution in [3.05, 3.63) is 29.3 Å². The van der Waals surface area contributed by atoms with Crippen LogP contribution in [0.2, 0.25) is 0 Å². The predicted molar refractivity (Wildman–Crippen MR) is 55.4 cm³/mol. The second-order valence-corrected chi connectivity index (χ2v) is 3.87. The Morgan fingerprint density at radius 3 is 2.12 bits per heavy atom. The van der Waals surface area contributed by atoms with Crippen LogP contribution in [0.25, 0.3) is 0 Å². The first-order valence-corrected chi connectivity index (χ1v) is 4.80. The molecule has 2 nitrogen and oxygen atoms in total. The second-order valence-electron chi connectivity index (χ2n) is 3.87. The first-order valence-electron chi connectivity index (χ1n) is 4.80. The molecule has 0 atom stereocenters. The standard InChI is InChI=1S/C10H12BF3O2/c1-6(2)8-4-3-7(10(12,13)14)5-9(8)11(15)16/h3-6,15-16H,1-2H3. The Morgan fingerprint density at radius 2 is 1.75 bits per heavy atom. The summed E-state index contributed by atoms with van der Waals surface area (Å²) in [7, 11) is -1.89. The summed E-state index contributed by atoms with van der Waals surface area (Å²) in [5.41, 5.74) is -0.465. The van der Waals surface area contributed by atoms with Crippen LogP contribution in [-0.4, -0.2) is 17.2 Å². The van der Waals surface area contributed by atoms with E-state index in [9.17, 15) is 13.2 Å². The Labute approximate surface area is 91.9 Å². The van der Waals surface area contributed by atoms with Crippen LogP contribution in [-0.2, 0) is 6.18 Å². The zero-order chi connectivity index (χ0) is 12.5. The third kappa shape index (κ3) is 2.77. The average molecular weight is 232 g/mol. The minimum Gasteiger partial charge on any atom is -0.423 e. The molecule has 2 N–H and O–H groups in total. The van der Waals surface area contributed by atoms with Crippen molar-refractivity contribution in [1.82, 2.24) is 0 Å². The number of hydrogen-bond donors (Lipinski definition) is 2. The monoisotopic (exact) mass is 232 g/mol. The molecule has 16 heavy (non-hydrogen) atoms. The predicted octanol–water partition coefficient (Wildman–Crippen LogP) is 1.51. The number of alkyl halides is 3. The van der Waals surface area contributed by atoms with Gasteiger partial charge in [-0.2, -0.15) is 13.2 Å². The van der Waals surface area contributed by atoms with Gasteiger partial charge in [0.15, 0.2) is 0 Å². The zero-order valence-electron chi connectivity index (χ0n) is 8.92. The largest absolute Gasteiger partial charge is 0.488 e. The number of benzene rings is 1. The van der Waals surface area contributed by atoms with E-state index in [2.05, 4.69) is 0 Å². The highest BCUT2D eigenvalue weighted by Crippen LogP contribution is 2.29. The molecule has 0 amide bonds. The van der Waals surface area contributed by atoms with E-state index in [-0.39, 0.29) is 11.4 Å². The second kappa shape index (κ2) is 4.47. The molecule has 6 heteroatoms. The van der Waals surface area contributed by atoms with Crippen LogP contribution in [0.5, 0.6) is 0 Å². The van der Waals surface area contributed by atoms with E-state index in [1.807, 2.05) is 0 Å². The van der Waals surface area contributed by atoms with Gasteiger partial charge in [-0.25, -0.2) is 0 Å². The molecule has 0 spiro atoms. The van der Waals surface area contributed by atoms with Gasteiger partial charge in [0.1, 0.15) is 0 Å². The quantitative estimate of drug-likeness (QED) is 0.758. The third-order valence-corrected chi connectivity index (χ3v) is 2.31. The van der Waals surface area contributed by atoms with E-state index in [1.54, 1.807) is 13.8 Å². The highest BCUT2D eigenvalue weighted by molar-refractivity contribution is 6.59. The molecule has 0 unspecified atom stereocenters. The molecule has 0 saturated heterocycles. The van der Waals surface area contributed by atoms with Gasteiger partial charge in [-0.1, -0.05) is 19.9 Å². The van der Waals surface area contributed by atoms with Gasteiger partial charge in [0.2, 0.25) is 0 Å². The van der Waals surface area contributed by atoms with Crippen LogP contribution in [0.4, 0.5) is 13.2 Å². The lowest BCUT2D eigenvalue weighted by Crippen LogP contribution is -2.34. The maximum atomic E-state index is 12.4. The molecule has 0 aliphatic heterocycles. The van der Waals surface area contributed by atoms with Gasteiger partial charge in [-0.05, 0) is 29.1 Å². The number of hydrogen-bond acceptors (Lipinski definition) is 2. The molecule has 1 aromatic carbocycles. The first-order chi connectivity index (χ1) is 7.23. The summed E-state index contributed by atoms with van der Waals surface area (Å²) in [4.78, 5) is 0. The Bertz CT molecular complexity index is 375. The van der Waals surface area contributed by atoms with Gasteiger partial charge < -0.3 is 10.0 Å². The Kier molecular flexibility index (Phi) is 3.65. The van der Waals surface area contributed by atoms with Gasteiger partial charge in [-0.3, -0.25) is 0 Å². The molecule has 0 fully saturated rings. The van der Waals surface area contributed by atoms with Crippen LogP contribution < -0.4 is 5.46 Å². The van der Waals surface area contributed by atoms with Crippen LogP contribution >= 0.6 is 0 Å². The summed E-state index contributed by atoms with van der Waals surface area (Å²) in [6.45, 7) is 3.54. The summed E-state index contributed by atoms with van der Waals surface area (Å²) in [6, 6.07) is 3.00. The van der Waals surface area contributed by atoms with Crippen LogP contribution in [0.3, 0.4) is 0 Å². The average Bonchev–Trinajstić information content (AvgIpc) is 2.15. The molecule has 1 aromatic rings. The third-order valence-electron chi connectivity index (χ3n) is 2.31. The van der Waals surface area contributed by atoms with Crippen LogP contribution in [0.1, 0.15) is 30.9 Å². The Morgan fingerprint density at radius 1 is 1.19 bits per heavy atom. The van der Waals surface area contributed by atoms with Gasteiger partial charge in [0, 0.05) is 0 Å². The molecule has 1 rings (SSSR count). The lowest BCUT2D eigenvalue weighted by Gasteiger charge is -2.15. The lowest BCUT2D eigenvalue weighted by molar-refractivity contribution is -0.137. The van der Waals surface area contributed by atoms with E-state index < -0.39 is 18.9 Å².